The highest BCUT2D eigenvalue weighted by Crippen LogP contribution is 2.31. The number of nitrogens with two attached hydrogens (primary N) is 1. The molecule has 6 aromatic rings. The Labute approximate surface area is 159 Å². The summed E-state index contributed by atoms with van der Waals surface area (Å²) in [5.74, 6) is 1.14. The van der Waals surface area contributed by atoms with Crippen LogP contribution in [0.25, 0.3) is 43.9 Å². The molecular formula is C22H16N6. The molecule has 6 nitrogen and oxygen atoms in total. The molecule has 5 N–H and O–H groups in total. The maximum Gasteiger partial charge on any atom is 0.149 e. The molecule has 0 saturated heterocycles. The monoisotopic (exact) mass is 364 g/mol. The molecule has 4 aromatic heterocycles. The smallest absolute Gasteiger partial charge is 0.149 e. The van der Waals surface area contributed by atoms with Crippen molar-refractivity contribution >= 4 is 61.2 Å². The number of aromatic amines is 2. The van der Waals surface area contributed by atoms with Crippen molar-refractivity contribution in [1.29, 1.82) is 0 Å². The summed E-state index contributed by atoms with van der Waals surface area (Å²) in [6.45, 7) is 0. The van der Waals surface area contributed by atoms with E-state index in [-0.39, 0.29) is 0 Å². The van der Waals surface area contributed by atoms with E-state index in [1.54, 1.807) is 0 Å². The summed E-state index contributed by atoms with van der Waals surface area (Å²) < 4.78 is 0. The van der Waals surface area contributed by atoms with Crippen molar-refractivity contribution in [3.63, 3.8) is 0 Å². The predicted octanol–water partition coefficient (Wildman–Crippen LogP) is 5.07. The maximum atomic E-state index is 6.20. The molecule has 0 bridgehead atoms. The van der Waals surface area contributed by atoms with E-state index in [1.165, 1.54) is 0 Å². The first-order chi connectivity index (χ1) is 13.8. The number of hydrogen-bond donors (Lipinski definition) is 4. The van der Waals surface area contributed by atoms with Gasteiger partial charge in [-0.1, -0.05) is 36.4 Å². The number of anilines is 3. The molecule has 0 unspecified atom stereocenters. The summed E-state index contributed by atoms with van der Waals surface area (Å²) in [6.07, 6.45) is 0. The number of nitrogens with one attached hydrogen (secondary N) is 3. The Morgan fingerprint density at radius 3 is 2.07 bits per heavy atom. The van der Waals surface area contributed by atoms with Crippen LogP contribution in [0.4, 0.5) is 17.3 Å². The molecule has 134 valence electrons. The normalized spacial score (nSPS) is 11.7. The number of para-hydroxylation sites is 2. The van der Waals surface area contributed by atoms with Crippen molar-refractivity contribution in [2.75, 3.05) is 11.1 Å². The summed E-state index contributed by atoms with van der Waals surface area (Å²) in [7, 11) is 0. The van der Waals surface area contributed by atoms with E-state index >= 15 is 0 Å². The van der Waals surface area contributed by atoms with Gasteiger partial charge in [-0.05, 0) is 30.3 Å². The number of pyridine rings is 2. The molecule has 0 saturated carbocycles. The fraction of sp³-hybridized carbons (Fsp3) is 0. The number of aromatic nitrogens is 4. The number of rotatable bonds is 2. The summed E-state index contributed by atoms with van der Waals surface area (Å²) in [4.78, 5) is 15.9. The zero-order valence-electron chi connectivity index (χ0n) is 14.8. The van der Waals surface area contributed by atoms with Gasteiger partial charge in [0.05, 0.1) is 5.69 Å². The molecule has 0 fully saturated rings. The maximum absolute atomic E-state index is 6.20. The number of nitrogens with zero attached hydrogens (tertiary/aromatic N) is 2. The van der Waals surface area contributed by atoms with Crippen LogP contribution in [0, 0.1) is 0 Å². The molecule has 0 amide bonds. The average molecular weight is 364 g/mol. The summed E-state index contributed by atoms with van der Waals surface area (Å²) in [5.41, 5.74) is 10.7. The molecule has 0 aliphatic heterocycles. The van der Waals surface area contributed by atoms with Crippen LogP contribution in [0.15, 0.2) is 66.7 Å². The minimum atomic E-state index is 0.428. The first-order valence-corrected chi connectivity index (χ1v) is 9.08. The van der Waals surface area contributed by atoms with Crippen LogP contribution in [0.2, 0.25) is 0 Å². The van der Waals surface area contributed by atoms with E-state index in [1.807, 2.05) is 42.5 Å². The van der Waals surface area contributed by atoms with E-state index < -0.39 is 0 Å². The van der Waals surface area contributed by atoms with Gasteiger partial charge in [0.25, 0.3) is 0 Å². The molecule has 6 rings (SSSR count). The molecule has 4 heterocycles. The highest BCUT2D eigenvalue weighted by molar-refractivity contribution is 6.08. The van der Waals surface area contributed by atoms with Gasteiger partial charge < -0.3 is 21.0 Å². The SMILES string of the molecule is Nc1nc2[nH]c3ccccc3c2cc1Nc1ccc2c(n1)[nH]c1ccccc12. The van der Waals surface area contributed by atoms with Crippen LogP contribution in [0.5, 0.6) is 0 Å². The van der Waals surface area contributed by atoms with Crippen LogP contribution in [0.3, 0.4) is 0 Å². The second-order valence-corrected chi connectivity index (χ2v) is 6.88. The molecule has 0 atom stereocenters. The lowest BCUT2D eigenvalue weighted by molar-refractivity contribution is 1.31. The number of H-pyrrole nitrogens is 2. The van der Waals surface area contributed by atoms with Crippen molar-refractivity contribution in [2.45, 2.75) is 0 Å². The first kappa shape index (κ1) is 15.0. The van der Waals surface area contributed by atoms with E-state index in [0.29, 0.717) is 11.6 Å². The van der Waals surface area contributed by atoms with Gasteiger partial charge in [0, 0.05) is 32.6 Å². The van der Waals surface area contributed by atoms with Gasteiger partial charge in [-0.3, -0.25) is 0 Å². The molecule has 28 heavy (non-hydrogen) atoms. The van der Waals surface area contributed by atoms with Gasteiger partial charge in [-0.2, -0.15) is 0 Å². The van der Waals surface area contributed by atoms with Gasteiger partial charge in [-0.15, -0.1) is 0 Å². The minimum Gasteiger partial charge on any atom is -0.382 e. The molecule has 0 aliphatic rings. The summed E-state index contributed by atoms with van der Waals surface area (Å²) in [5, 5.41) is 7.73. The highest BCUT2D eigenvalue weighted by Gasteiger charge is 2.11. The van der Waals surface area contributed by atoms with E-state index in [9.17, 15) is 0 Å². The lowest BCUT2D eigenvalue weighted by atomic mass is 10.2. The molecule has 0 spiro atoms. The Kier molecular flexibility index (Phi) is 2.94. The molecule has 0 aliphatic carbocycles. The zero-order valence-corrected chi connectivity index (χ0v) is 14.8. The van der Waals surface area contributed by atoms with E-state index in [0.717, 1.165) is 49.6 Å². The zero-order chi connectivity index (χ0) is 18.7. The number of benzene rings is 2. The van der Waals surface area contributed by atoms with Crippen LogP contribution in [0.1, 0.15) is 0 Å². The Morgan fingerprint density at radius 2 is 1.32 bits per heavy atom. The second kappa shape index (κ2) is 5.47. The van der Waals surface area contributed by atoms with Crippen LogP contribution < -0.4 is 11.1 Å². The van der Waals surface area contributed by atoms with E-state index in [4.69, 9.17) is 10.7 Å². The number of fused-ring (bicyclic) bond motifs is 6. The Hall–Kier alpha value is -4.06. The van der Waals surface area contributed by atoms with Crippen LogP contribution >= 0.6 is 0 Å². The van der Waals surface area contributed by atoms with Crippen LogP contribution in [-0.4, -0.2) is 19.9 Å². The Balaban J connectivity index is 1.47. The standard InChI is InChI=1S/C22H16N6/c23-20-18(11-15-13-6-2-4-8-17(13)26-22(15)28-20)24-19-10-9-14-12-5-1-3-7-16(12)25-21(14)27-19/h1-11H,(H3,23,26,28)(H2,24,25,27). The lowest BCUT2D eigenvalue weighted by Crippen LogP contribution is -2.00. The van der Waals surface area contributed by atoms with E-state index in [2.05, 4.69) is 44.5 Å². The van der Waals surface area contributed by atoms with Crippen molar-refractivity contribution in [2.24, 2.45) is 0 Å². The number of nitrogen functional groups attached to an aromatic ring is 1. The van der Waals surface area contributed by atoms with Gasteiger partial charge in [-0.25, -0.2) is 9.97 Å². The molecule has 6 heteroatoms. The largest absolute Gasteiger partial charge is 0.382 e. The van der Waals surface area contributed by atoms with Gasteiger partial charge in [0.1, 0.15) is 22.9 Å². The second-order valence-electron chi connectivity index (χ2n) is 6.88. The van der Waals surface area contributed by atoms with Gasteiger partial charge in [0.15, 0.2) is 0 Å². The van der Waals surface area contributed by atoms with Gasteiger partial charge in [0.2, 0.25) is 0 Å². The average Bonchev–Trinajstić information content (AvgIpc) is 3.25. The van der Waals surface area contributed by atoms with Crippen molar-refractivity contribution in [1.82, 2.24) is 19.9 Å². The molecular weight excluding hydrogens is 348 g/mol. The highest BCUT2D eigenvalue weighted by atomic mass is 15.1. The van der Waals surface area contributed by atoms with Crippen molar-refractivity contribution in [3.05, 3.63) is 66.7 Å². The first-order valence-electron chi connectivity index (χ1n) is 9.08. The van der Waals surface area contributed by atoms with Crippen molar-refractivity contribution < 1.29 is 0 Å². The van der Waals surface area contributed by atoms with Crippen LogP contribution in [-0.2, 0) is 0 Å². The summed E-state index contributed by atoms with van der Waals surface area (Å²) >= 11 is 0. The number of hydrogen-bond acceptors (Lipinski definition) is 4. The third kappa shape index (κ3) is 2.15. The Morgan fingerprint density at radius 1 is 0.679 bits per heavy atom. The lowest BCUT2D eigenvalue weighted by Gasteiger charge is -2.08. The third-order valence-corrected chi connectivity index (χ3v) is 5.15. The minimum absolute atomic E-state index is 0.428. The van der Waals surface area contributed by atoms with Gasteiger partial charge >= 0.3 is 0 Å². The third-order valence-electron chi connectivity index (χ3n) is 5.15. The topological polar surface area (TPSA) is 95.4 Å². The molecule has 2 aromatic carbocycles. The fourth-order valence-corrected chi connectivity index (χ4v) is 3.82. The predicted molar refractivity (Wildman–Crippen MR) is 115 cm³/mol. The fourth-order valence-electron chi connectivity index (χ4n) is 3.82. The quantitative estimate of drug-likeness (QED) is 0.345. The van der Waals surface area contributed by atoms with Crippen molar-refractivity contribution in [3.8, 4) is 0 Å². The summed E-state index contributed by atoms with van der Waals surface area (Å²) in [6, 6.07) is 22.4. The molecule has 0 radical (unpaired) electrons. The Bertz CT molecular complexity index is 1510.